The monoisotopic (exact) mass is 467 g/mol. The lowest BCUT2D eigenvalue weighted by atomic mass is 10.1. The van der Waals surface area contributed by atoms with Crippen LogP contribution in [0, 0.1) is 0 Å². The maximum Gasteiger partial charge on any atom is 0.349 e. The molecule has 168 valence electrons. The van der Waals surface area contributed by atoms with Gasteiger partial charge in [-0.3, -0.25) is 4.79 Å². The Morgan fingerprint density at radius 3 is 1.64 bits per heavy atom. The number of hydrogen-bond acceptors (Lipinski definition) is 6. The Balaban J connectivity index is 1.91. The normalized spacial score (nSPS) is 12.2. The summed E-state index contributed by atoms with van der Waals surface area (Å²) in [6.45, 7) is 0. The molecule has 0 aliphatic heterocycles. The SMILES string of the molecule is O=C(OC(C(=O)O)C(OC(=O)c1ccccc1)C(=O)Nc1ccccc1Cl)c1ccccc1. The average molecular weight is 468 g/mol. The fraction of sp³-hybridized carbons (Fsp3) is 0.0833. The molecule has 2 N–H and O–H groups in total. The number of amides is 1. The molecule has 3 rings (SSSR count). The number of halogens is 1. The van der Waals surface area contributed by atoms with Gasteiger partial charge in [-0.25, -0.2) is 14.4 Å². The van der Waals surface area contributed by atoms with E-state index in [2.05, 4.69) is 5.32 Å². The standard InChI is InChI=1S/C24H18ClNO7/c25-17-13-7-8-14-18(17)26-21(27)19(32-23(30)15-9-3-1-4-10-15)20(22(28)29)33-24(31)16-11-5-2-6-12-16/h1-14,19-20H,(H,26,27)(H,28,29). The first-order valence-corrected chi connectivity index (χ1v) is 10.0. The van der Waals surface area contributed by atoms with Crippen LogP contribution in [0.1, 0.15) is 20.7 Å². The minimum atomic E-state index is -2.13. The van der Waals surface area contributed by atoms with Crippen LogP contribution in [0.5, 0.6) is 0 Å². The molecule has 0 fully saturated rings. The Hall–Kier alpha value is -4.17. The first-order chi connectivity index (χ1) is 15.9. The number of carbonyl (C=O) groups is 4. The number of carbonyl (C=O) groups excluding carboxylic acids is 3. The summed E-state index contributed by atoms with van der Waals surface area (Å²) < 4.78 is 10.3. The summed E-state index contributed by atoms with van der Waals surface area (Å²) in [6.07, 6.45) is -4.15. The zero-order chi connectivity index (χ0) is 23.8. The molecule has 0 bridgehead atoms. The molecular weight excluding hydrogens is 450 g/mol. The number of benzene rings is 3. The van der Waals surface area contributed by atoms with Crippen molar-refractivity contribution >= 4 is 41.1 Å². The van der Waals surface area contributed by atoms with Crippen molar-refractivity contribution in [1.29, 1.82) is 0 Å². The maximum atomic E-state index is 13.0. The van der Waals surface area contributed by atoms with E-state index in [-0.39, 0.29) is 21.8 Å². The van der Waals surface area contributed by atoms with E-state index in [4.69, 9.17) is 21.1 Å². The van der Waals surface area contributed by atoms with Crippen LogP contribution in [-0.2, 0) is 19.1 Å². The van der Waals surface area contributed by atoms with Gasteiger partial charge in [-0.1, -0.05) is 60.1 Å². The summed E-state index contributed by atoms with van der Waals surface area (Å²) >= 11 is 6.06. The van der Waals surface area contributed by atoms with Crippen LogP contribution in [0.3, 0.4) is 0 Å². The van der Waals surface area contributed by atoms with Gasteiger partial charge in [0.25, 0.3) is 5.91 Å². The number of esters is 2. The lowest BCUT2D eigenvalue weighted by Crippen LogP contribution is -2.48. The van der Waals surface area contributed by atoms with Gasteiger partial charge >= 0.3 is 17.9 Å². The second-order valence-electron chi connectivity index (χ2n) is 6.69. The van der Waals surface area contributed by atoms with Crippen LogP contribution in [0.25, 0.3) is 0 Å². The molecule has 3 aromatic rings. The Kier molecular flexibility index (Phi) is 7.77. The topological polar surface area (TPSA) is 119 Å². The van der Waals surface area contributed by atoms with E-state index in [0.29, 0.717) is 0 Å². The van der Waals surface area contributed by atoms with Gasteiger partial charge in [0.15, 0.2) is 0 Å². The Morgan fingerprint density at radius 2 is 1.15 bits per heavy atom. The van der Waals surface area contributed by atoms with Crippen molar-refractivity contribution in [2.45, 2.75) is 12.2 Å². The molecule has 33 heavy (non-hydrogen) atoms. The van der Waals surface area contributed by atoms with Crippen molar-refractivity contribution in [3.8, 4) is 0 Å². The maximum absolute atomic E-state index is 13.0. The number of ether oxygens (including phenoxy) is 2. The molecule has 2 unspecified atom stereocenters. The molecule has 1 amide bonds. The van der Waals surface area contributed by atoms with Crippen molar-refractivity contribution in [3.63, 3.8) is 0 Å². The van der Waals surface area contributed by atoms with E-state index >= 15 is 0 Å². The highest BCUT2D eigenvalue weighted by atomic mass is 35.5. The third-order valence-electron chi connectivity index (χ3n) is 4.40. The number of rotatable bonds is 8. The van der Waals surface area contributed by atoms with Crippen LogP contribution >= 0.6 is 11.6 Å². The largest absolute Gasteiger partial charge is 0.478 e. The van der Waals surface area contributed by atoms with Crippen molar-refractivity contribution in [3.05, 3.63) is 101 Å². The molecule has 8 nitrogen and oxygen atoms in total. The second-order valence-corrected chi connectivity index (χ2v) is 7.10. The Labute approximate surface area is 193 Å². The quantitative estimate of drug-likeness (QED) is 0.483. The fourth-order valence-electron chi connectivity index (χ4n) is 2.78. The average Bonchev–Trinajstić information content (AvgIpc) is 2.83. The molecule has 0 saturated heterocycles. The minimum absolute atomic E-state index is 0.0587. The van der Waals surface area contributed by atoms with E-state index in [1.165, 1.54) is 36.4 Å². The molecule has 9 heteroatoms. The van der Waals surface area contributed by atoms with E-state index in [1.807, 2.05) is 0 Å². The second kappa shape index (κ2) is 10.9. The smallest absolute Gasteiger partial charge is 0.349 e. The van der Waals surface area contributed by atoms with Crippen molar-refractivity contribution in [2.24, 2.45) is 0 Å². The molecule has 0 aliphatic rings. The number of anilines is 1. The molecule has 0 aliphatic carbocycles. The first-order valence-electron chi connectivity index (χ1n) is 9.67. The summed E-state index contributed by atoms with van der Waals surface area (Å²) in [6, 6.07) is 21.5. The molecule has 0 spiro atoms. The Morgan fingerprint density at radius 1 is 0.697 bits per heavy atom. The lowest BCUT2D eigenvalue weighted by molar-refractivity contribution is -0.157. The third kappa shape index (κ3) is 6.18. The van der Waals surface area contributed by atoms with Gasteiger partial charge in [-0.05, 0) is 36.4 Å². The van der Waals surface area contributed by atoms with Gasteiger partial charge in [-0.2, -0.15) is 0 Å². The summed E-state index contributed by atoms with van der Waals surface area (Å²) in [5, 5.41) is 12.3. The minimum Gasteiger partial charge on any atom is -0.478 e. The summed E-state index contributed by atoms with van der Waals surface area (Å²) in [5.41, 5.74) is 0.290. The number of nitrogens with one attached hydrogen (secondary N) is 1. The number of aliphatic carboxylic acids is 1. The Bertz CT molecular complexity index is 1150. The van der Waals surface area contributed by atoms with Gasteiger partial charge in [0.1, 0.15) is 0 Å². The van der Waals surface area contributed by atoms with Gasteiger partial charge in [0.05, 0.1) is 21.8 Å². The van der Waals surface area contributed by atoms with E-state index < -0.39 is 36.0 Å². The van der Waals surface area contributed by atoms with Crippen LogP contribution < -0.4 is 5.32 Å². The molecule has 0 heterocycles. The highest BCUT2D eigenvalue weighted by Gasteiger charge is 2.41. The predicted octanol–water partition coefficient (Wildman–Crippen LogP) is 3.81. The van der Waals surface area contributed by atoms with Crippen molar-refractivity contribution in [2.75, 3.05) is 5.32 Å². The number of hydrogen-bond donors (Lipinski definition) is 2. The van der Waals surface area contributed by atoms with Gasteiger partial charge in [0.2, 0.25) is 12.2 Å². The zero-order valence-corrected chi connectivity index (χ0v) is 17.8. The molecule has 0 aromatic heterocycles. The van der Waals surface area contributed by atoms with Crippen LogP contribution in [0.2, 0.25) is 5.02 Å². The van der Waals surface area contributed by atoms with E-state index in [1.54, 1.807) is 48.5 Å². The summed E-state index contributed by atoms with van der Waals surface area (Å²) in [4.78, 5) is 50.0. The molecule has 3 aromatic carbocycles. The highest BCUT2D eigenvalue weighted by Crippen LogP contribution is 2.22. The number of para-hydroxylation sites is 1. The highest BCUT2D eigenvalue weighted by molar-refractivity contribution is 6.33. The molecule has 2 atom stereocenters. The van der Waals surface area contributed by atoms with Crippen LogP contribution in [-0.4, -0.2) is 41.1 Å². The molecule has 0 radical (unpaired) electrons. The first kappa shape index (κ1) is 23.5. The fourth-order valence-corrected chi connectivity index (χ4v) is 2.96. The van der Waals surface area contributed by atoms with E-state index in [9.17, 15) is 24.3 Å². The molecular formula is C24H18ClNO7. The third-order valence-corrected chi connectivity index (χ3v) is 4.73. The number of carboxylic acid groups (broad SMARTS) is 1. The van der Waals surface area contributed by atoms with Gasteiger partial charge < -0.3 is 19.9 Å². The van der Waals surface area contributed by atoms with E-state index in [0.717, 1.165) is 0 Å². The van der Waals surface area contributed by atoms with Crippen molar-refractivity contribution in [1.82, 2.24) is 0 Å². The number of carboxylic acids is 1. The van der Waals surface area contributed by atoms with Gasteiger partial charge in [0, 0.05) is 0 Å². The predicted molar refractivity (Wildman–Crippen MR) is 119 cm³/mol. The summed E-state index contributed by atoms with van der Waals surface area (Å²) in [7, 11) is 0. The lowest BCUT2D eigenvalue weighted by Gasteiger charge is -2.23. The van der Waals surface area contributed by atoms with Crippen LogP contribution in [0.15, 0.2) is 84.9 Å². The van der Waals surface area contributed by atoms with Crippen LogP contribution in [0.4, 0.5) is 5.69 Å². The van der Waals surface area contributed by atoms with Crippen molar-refractivity contribution < 1.29 is 33.8 Å². The molecule has 0 saturated carbocycles. The van der Waals surface area contributed by atoms with Gasteiger partial charge in [-0.15, -0.1) is 0 Å². The summed E-state index contributed by atoms with van der Waals surface area (Å²) in [5.74, 6) is -4.70. The zero-order valence-electron chi connectivity index (χ0n) is 17.0.